The minimum absolute atomic E-state index is 1.10. The van der Waals surface area contributed by atoms with Gasteiger partial charge in [-0.25, -0.2) is 0 Å². The molecule has 0 saturated carbocycles. The summed E-state index contributed by atoms with van der Waals surface area (Å²) in [6.07, 6.45) is 4.22. The summed E-state index contributed by atoms with van der Waals surface area (Å²) in [5.74, 6) is 0. The van der Waals surface area contributed by atoms with Gasteiger partial charge in [-0.2, -0.15) is 0 Å². The van der Waals surface area contributed by atoms with Crippen molar-refractivity contribution in [3.63, 3.8) is 0 Å². The molecule has 1 heterocycles. The Bertz CT molecular complexity index is 223. The van der Waals surface area contributed by atoms with Gasteiger partial charge in [0.05, 0.1) is 0 Å². The predicted octanol–water partition coefficient (Wildman–Crippen LogP) is 1.58. The van der Waals surface area contributed by atoms with E-state index in [1.54, 1.807) is 0 Å². The summed E-state index contributed by atoms with van der Waals surface area (Å²) in [6, 6.07) is 0. The minimum atomic E-state index is 1.10. The van der Waals surface area contributed by atoms with Crippen molar-refractivity contribution in [2.75, 3.05) is 7.05 Å². The zero-order chi connectivity index (χ0) is 7.56. The van der Waals surface area contributed by atoms with Crippen LogP contribution in [0.2, 0.25) is 0 Å². The Morgan fingerprint density at radius 2 is 2.30 bits per heavy atom. The first-order valence-electron chi connectivity index (χ1n) is 3.44. The second kappa shape index (κ2) is 2.87. The number of allylic oxidation sites excluding steroid dienone is 4. The van der Waals surface area contributed by atoms with Gasteiger partial charge in [-0.05, 0) is 12.5 Å². The molecule has 1 nitrogen and oxygen atoms in total. The molecule has 1 radical (unpaired) electrons. The van der Waals surface area contributed by atoms with Crippen LogP contribution >= 0.6 is 0 Å². The fraction of sp³-hybridized carbons (Fsp3) is 0.375. The monoisotopic (exact) mass is 132 g/mol. The number of aliphatic imine (C=N–C) groups is 1. The highest BCUT2D eigenvalue weighted by molar-refractivity contribution is 6.86. The number of nitrogens with zero attached hydrogens (tertiary/aromatic N) is 1. The van der Waals surface area contributed by atoms with E-state index < -0.39 is 0 Å². The first-order chi connectivity index (χ1) is 4.77. The Morgan fingerprint density at radius 3 is 2.70 bits per heavy atom. The van der Waals surface area contributed by atoms with Gasteiger partial charge in [-0.3, -0.25) is 0 Å². The molecule has 0 amide bonds. The van der Waals surface area contributed by atoms with Gasteiger partial charge in [0.1, 0.15) is 0 Å². The standard InChI is InChI=1S/C8H11BN/c1-4-7-5-6(2)9-8(7)10-3/h4-5H,1-3H3/b7-4-,10-8?. The van der Waals surface area contributed by atoms with Crippen LogP contribution in [0.15, 0.2) is 28.2 Å². The summed E-state index contributed by atoms with van der Waals surface area (Å²) in [6.45, 7) is 4.12. The summed E-state index contributed by atoms with van der Waals surface area (Å²) in [4.78, 5) is 4.13. The molecule has 0 spiro atoms. The summed E-state index contributed by atoms with van der Waals surface area (Å²) in [5, 5.41) is 0. The first-order valence-corrected chi connectivity index (χ1v) is 3.44. The van der Waals surface area contributed by atoms with E-state index in [-0.39, 0.29) is 0 Å². The molecule has 0 aromatic heterocycles. The number of rotatable bonds is 0. The maximum absolute atomic E-state index is 4.13. The van der Waals surface area contributed by atoms with Gasteiger partial charge in [0.25, 0.3) is 0 Å². The van der Waals surface area contributed by atoms with Crippen LogP contribution in [-0.2, 0) is 0 Å². The SMILES string of the molecule is C/C=C1/C=C(C)[B]C1=NC. The Kier molecular flexibility index (Phi) is 2.10. The lowest BCUT2D eigenvalue weighted by Gasteiger charge is -1.93. The van der Waals surface area contributed by atoms with Gasteiger partial charge in [0, 0.05) is 12.7 Å². The van der Waals surface area contributed by atoms with E-state index in [1.807, 2.05) is 14.0 Å². The highest BCUT2D eigenvalue weighted by atomic mass is 14.7. The Hall–Kier alpha value is -0.785. The number of hydrogen-bond donors (Lipinski definition) is 0. The minimum Gasteiger partial charge on any atom is -0.303 e. The van der Waals surface area contributed by atoms with Crippen molar-refractivity contribution in [1.29, 1.82) is 0 Å². The van der Waals surface area contributed by atoms with Crippen molar-refractivity contribution in [3.05, 3.63) is 23.2 Å². The molecule has 0 atom stereocenters. The molecular weight excluding hydrogens is 121 g/mol. The molecule has 0 fully saturated rings. The van der Waals surface area contributed by atoms with Crippen molar-refractivity contribution in [1.82, 2.24) is 0 Å². The molecule has 1 rings (SSSR count). The molecule has 0 aromatic carbocycles. The molecule has 1 aliphatic rings. The van der Waals surface area contributed by atoms with Crippen molar-refractivity contribution in [3.8, 4) is 0 Å². The summed E-state index contributed by atoms with van der Waals surface area (Å²) in [7, 11) is 3.91. The van der Waals surface area contributed by atoms with Crippen LogP contribution in [-0.4, -0.2) is 19.9 Å². The molecule has 0 N–H and O–H groups in total. The molecule has 0 aliphatic carbocycles. The summed E-state index contributed by atoms with van der Waals surface area (Å²) >= 11 is 0. The largest absolute Gasteiger partial charge is 0.303 e. The second-order valence-corrected chi connectivity index (χ2v) is 2.39. The second-order valence-electron chi connectivity index (χ2n) is 2.39. The van der Waals surface area contributed by atoms with E-state index in [9.17, 15) is 0 Å². The average molecular weight is 132 g/mol. The van der Waals surface area contributed by atoms with E-state index in [2.05, 4.69) is 31.3 Å². The van der Waals surface area contributed by atoms with Crippen molar-refractivity contribution >= 4 is 12.9 Å². The fourth-order valence-electron chi connectivity index (χ4n) is 1.08. The van der Waals surface area contributed by atoms with Crippen molar-refractivity contribution in [2.45, 2.75) is 13.8 Å². The van der Waals surface area contributed by atoms with Gasteiger partial charge in [-0.15, -0.1) is 5.47 Å². The molecular formula is C8H11BN. The average Bonchev–Trinajstić information content (AvgIpc) is 2.30. The molecule has 0 saturated heterocycles. The maximum atomic E-state index is 4.13. The first kappa shape index (κ1) is 7.32. The van der Waals surface area contributed by atoms with E-state index in [4.69, 9.17) is 0 Å². The van der Waals surface area contributed by atoms with Gasteiger partial charge >= 0.3 is 0 Å². The lowest BCUT2D eigenvalue weighted by Crippen LogP contribution is -2.04. The predicted molar refractivity (Wildman–Crippen MR) is 46.6 cm³/mol. The third-order valence-electron chi connectivity index (χ3n) is 1.60. The fourth-order valence-corrected chi connectivity index (χ4v) is 1.08. The lowest BCUT2D eigenvalue weighted by atomic mass is 9.69. The van der Waals surface area contributed by atoms with E-state index in [0.717, 1.165) is 5.61 Å². The number of hydrogen-bond acceptors (Lipinski definition) is 1. The van der Waals surface area contributed by atoms with Crippen LogP contribution in [0.4, 0.5) is 0 Å². The Labute approximate surface area is 62.8 Å². The smallest absolute Gasteiger partial charge is 0.211 e. The zero-order valence-electron chi connectivity index (χ0n) is 6.68. The maximum Gasteiger partial charge on any atom is 0.211 e. The van der Waals surface area contributed by atoms with Crippen LogP contribution in [0.5, 0.6) is 0 Å². The highest BCUT2D eigenvalue weighted by Crippen LogP contribution is 2.12. The lowest BCUT2D eigenvalue weighted by molar-refractivity contribution is 1.45. The molecule has 10 heavy (non-hydrogen) atoms. The van der Waals surface area contributed by atoms with Crippen LogP contribution in [0.25, 0.3) is 0 Å². The highest BCUT2D eigenvalue weighted by Gasteiger charge is 2.12. The van der Waals surface area contributed by atoms with Crippen molar-refractivity contribution in [2.24, 2.45) is 4.99 Å². The van der Waals surface area contributed by atoms with E-state index >= 15 is 0 Å². The van der Waals surface area contributed by atoms with E-state index in [0.29, 0.717) is 0 Å². The van der Waals surface area contributed by atoms with Crippen molar-refractivity contribution < 1.29 is 0 Å². The third kappa shape index (κ3) is 1.20. The Balaban J connectivity index is 2.92. The van der Waals surface area contributed by atoms with Crippen LogP contribution in [0.1, 0.15) is 13.8 Å². The zero-order valence-corrected chi connectivity index (χ0v) is 6.68. The molecule has 1 aliphatic heterocycles. The van der Waals surface area contributed by atoms with Crippen LogP contribution < -0.4 is 0 Å². The molecule has 0 bridgehead atoms. The molecule has 0 aromatic rings. The normalized spacial score (nSPS) is 25.3. The van der Waals surface area contributed by atoms with Gasteiger partial charge in [-0.1, -0.05) is 19.1 Å². The van der Waals surface area contributed by atoms with Gasteiger partial charge < -0.3 is 4.99 Å². The van der Waals surface area contributed by atoms with E-state index in [1.165, 1.54) is 11.0 Å². The van der Waals surface area contributed by atoms with Gasteiger partial charge in [0.2, 0.25) is 7.28 Å². The quantitative estimate of drug-likeness (QED) is 0.443. The van der Waals surface area contributed by atoms with Gasteiger partial charge in [0.15, 0.2) is 0 Å². The van der Waals surface area contributed by atoms with Crippen LogP contribution in [0.3, 0.4) is 0 Å². The summed E-state index contributed by atoms with van der Waals surface area (Å²) < 4.78 is 0. The third-order valence-corrected chi connectivity index (χ3v) is 1.60. The topological polar surface area (TPSA) is 12.4 Å². The Morgan fingerprint density at radius 1 is 1.60 bits per heavy atom. The summed E-state index contributed by atoms with van der Waals surface area (Å²) in [5.41, 5.74) is 3.62. The molecule has 51 valence electrons. The molecule has 2 heteroatoms. The molecule has 0 unspecified atom stereocenters. The van der Waals surface area contributed by atoms with Crippen LogP contribution in [0, 0.1) is 0 Å².